The largest absolute Gasteiger partial charge is 0.515 e. The van der Waals surface area contributed by atoms with Gasteiger partial charge in [-0.15, -0.1) is 0 Å². The number of hydrogen-bond acceptors (Lipinski definition) is 4. The zero-order chi connectivity index (χ0) is 11.1. The van der Waals surface area contributed by atoms with Crippen LogP contribution >= 0.6 is 0 Å². The minimum absolute atomic E-state index is 0.0733. The monoisotopic (exact) mass is 209 g/mol. The van der Waals surface area contributed by atoms with Crippen LogP contribution in [-0.4, -0.2) is 30.1 Å². The van der Waals surface area contributed by atoms with Crippen molar-refractivity contribution in [2.75, 3.05) is 18.9 Å². The van der Waals surface area contributed by atoms with E-state index in [-0.39, 0.29) is 12.5 Å². The van der Waals surface area contributed by atoms with Crippen molar-refractivity contribution in [2.24, 2.45) is 12.5 Å². The SMILES string of the molecule is Cn1ncc(N)c1B1OCC(C)(C)CO1. The van der Waals surface area contributed by atoms with Gasteiger partial charge in [0.1, 0.15) is 0 Å². The van der Waals surface area contributed by atoms with E-state index in [1.165, 1.54) is 0 Å². The Morgan fingerprint density at radius 2 is 2.07 bits per heavy atom. The maximum Gasteiger partial charge on any atom is 0.515 e. The predicted octanol–water partition coefficient (Wildman–Crippen LogP) is -0.229. The fourth-order valence-corrected chi connectivity index (χ4v) is 1.60. The highest BCUT2D eigenvalue weighted by atomic mass is 16.6. The van der Waals surface area contributed by atoms with E-state index in [2.05, 4.69) is 18.9 Å². The molecule has 1 aliphatic rings. The molecule has 5 nitrogen and oxygen atoms in total. The van der Waals surface area contributed by atoms with Crippen molar-refractivity contribution in [1.29, 1.82) is 0 Å². The Labute approximate surface area is 89.7 Å². The van der Waals surface area contributed by atoms with E-state index < -0.39 is 0 Å². The number of aryl methyl sites for hydroxylation is 1. The molecule has 6 heteroatoms. The maximum absolute atomic E-state index is 5.80. The fourth-order valence-electron chi connectivity index (χ4n) is 1.60. The van der Waals surface area contributed by atoms with Gasteiger partial charge in [0, 0.05) is 25.7 Å². The van der Waals surface area contributed by atoms with Crippen LogP contribution in [-0.2, 0) is 16.4 Å². The van der Waals surface area contributed by atoms with Crippen LogP contribution in [0.2, 0.25) is 0 Å². The lowest BCUT2D eigenvalue weighted by atomic mass is 9.79. The fraction of sp³-hybridized carbons (Fsp3) is 0.667. The summed E-state index contributed by atoms with van der Waals surface area (Å²) in [6, 6.07) is 0. The molecule has 82 valence electrons. The van der Waals surface area contributed by atoms with E-state index >= 15 is 0 Å². The zero-order valence-corrected chi connectivity index (χ0v) is 9.36. The van der Waals surface area contributed by atoms with Crippen molar-refractivity contribution in [2.45, 2.75) is 13.8 Å². The third kappa shape index (κ3) is 2.00. The maximum atomic E-state index is 5.80. The van der Waals surface area contributed by atoms with Crippen LogP contribution in [0.15, 0.2) is 6.20 Å². The van der Waals surface area contributed by atoms with Gasteiger partial charge in [-0.05, 0) is 0 Å². The molecule has 0 radical (unpaired) electrons. The Morgan fingerprint density at radius 3 is 2.53 bits per heavy atom. The average Bonchev–Trinajstić information content (AvgIpc) is 2.48. The Morgan fingerprint density at radius 1 is 1.47 bits per heavy atom. The van der Waals surface area contributed by atoms with Crippen LogP contribution in [0.1, 0.15) is 13.8 Å². The topological polar surface area (TPSA) is 62.3 Å². The zero-order valence-electron chi connectivity index (χ0n) is 9.36. The number of nitrogens with two attached hydrogens (primary N) is 1. The van der Waals surface area contributed by atoms with Crippen LogP contribution in [0.5, 0.6) is 0 Å². The lowest BCUT2D eigenvalue weighted by Gasteiger charge is -2.33. The van der Waals surface area contributed by atoms with E-state index in [1.54, 1.807) is 10.9 Å². The van der Waals surface area contributed by atoms with Crippen LogP contribution < -0.4 is 11.3 Å². The van der Waals surface area contributed by atoms with Crippen LogP contribution in [0.4, 0.5) is 5.69 Å². The van der Waals surface area contributed by atoms with E-state index in [0.29, 0.717) is 18.9 Å². The van der Waals surface area contributed by atoms with Gasteiger partial charge in [-0.3, -0.25) is 4.68 Å². The lowest BCUT2D eigenvalue weighted by molar-refractivity contribution is 0.0337. The average molecular weight is 209 g/mol. The summed E-state index contributed by atoms with van der Waals surface area (Å²) in [4.78, 5) is 0. The minimum atomic E-state index is -0.384. The van der Waals surface area contributed by atoms with Crippen LogP contribution in [0.25, 0.3) is 0 Å². The van der Waals surface area contributed by atoms with Gasteiger partial charge in [0.05, 0.1) is 17.5 Å². The molecule has 0 bridgehead atoms. The van der Waals surface area contributed by atoms with E-state index in [1.807, 2.05) is 7.05 Å². The number of aromatic nitrogens is 2. The first-order valence-electron chi connectivity index (χ1n) is 5.00. The first kappa shape index (κ1) is 10.5. The lowest BCUT2D eigenvalue weighted by Crippen LogP contribution is -2.50. The molecule has 1 saturated heterocycles. The molecular formula is C9H16BN3O2. The Bertz CT molecular complexity index is 335. The van der Waals surface area contributed by atoms with Gasteiger partial charge >= 0.3 is 7.12 Å². The summed E-state index contributed by atoms with van der Waals surface area (Å²) in [5.74, 6) is 0. The van der Waals surface area contributed by atoms with Crippen molar-refractivity contribution in [1.82, 2.24) is 9.78 Å². The third-order valence-electron chi connectivity index (χ3n) is 2.49. The van der Waals surface area contributed by atoms with E-state index in [4.69, 9.17) is 15.0 Å². The number of rotatable bonds is 1. The van der Waals surface area contributed by atoms with Gasteiger partial charge in [0.25, 0.3) is 0 Å². The summed E-state index contributed by atoms with van der Waals surface area (Å²) < 4.78 is 13.0. The third-order valence-corrected chi connectivity index (χ3v) is 2.49. The molecule has 2 N–H and O–H groups in total. The molecule has 1 aromatic rings. The smallest absolute Gasteiger partial charge is 0.406 e. The van der Waals surface area contributed by atoms with Crippen molar-refractivity contribution >= 4 is 18.4 Å². The molecule has 0 saturated carbocycles. The summed E-state index contributed by atoms with van der Waals surface area (Å²) in [6.07, 6.45) is 1.61. The molecule has 0 atom stereocenters. The highest BCUT2D eigenvalue weighted by Gasteiger charge is 2.36. The van der Waals surface area contributed by atoms with Gasteiger partial charge < -0.3 is 15.0 Å². The molecule has 0 amide bonds. The van der Waals surface area contributed by atoms with Gasteiger partial charge in [0.15, 0.2) is 0 Å². The number of nitrogen functional groups attached to an aromatic ring is 1. The molecule has 1 fully saturated rings. The van der Waals surface area contributed by atoms with Crippen molar-refractivity contribution in [3.8, 4) is 0 Å². The van der Waals surface area contributed by atoms with Gasteiger partial charge in [-0.2, -0.15) is 5.10 Å². The highest BCUT2D eigenvalue weighted by Crippen LogP contribution is 2.21. The summed E-state index contributed by atoms with van der Waals surface area (Å²) in [7, 11) is 1.45. The molecule has 15 heavy (non-hydrogen) atoms. The Hall–Kier alpha value is -1.01. The van der Waals surface area contributed by atoms with Crippen molar-refractivity contribution in [3.05, 3.63) is 6.20 Å². The quantitative estimate of drug-likeness (QED) is 0.649. The first-order chi connectivity index (χ1) is 6.99. The normalized spacial score (nSPS) is 20.6. The second-order valence-corrected chi connectivity index (χ2v) is 4.73. The molecule has 2 heterocycles. The highest BCUT2D eigenvalue weighted by molar-refractivity contribution is 6.62. The number of hydrogen-bond donors (Lipinski definition) is 1. The van der Waals surface area contributed by atoms with E-state index in [0.717, 1.165) is 5.59 Å². The molecule has 1 aromatic heterocycles. The minimum Gasteiger partial charge on any atom is -0.406 e. The van der Waals surface area contributed by atoms with Crippen LogP contribution in [0.3, 0.4) is 0 Å². The van der Waals surface area contributed by atoms with Crippen LogP contribution in [0, 0.1) is 5.41 Å². The summed E-state index contributed by atoms with van der Waals surface area (Å²) >= 11 is 0. The molecule has 0 unspecified atom stereocenters. The number of nitrogens with zero attached hydrogens (tertiary/aromatic N) is 2. The summed E-state index contributed by atoms with van der Waals surface area (Å²) in [5.41, 5.74) is 7.28. The second kappa shape index (κ2) is 3.54. The van der Waals surface area contributed by atoms with Gasteiger partial charge in [-0.1, -0.05) is 13.8 Å². The van der Waals surface area contributed by atoms with E-state index in [9.17, 15) is 0 Å². The van der Waals surface area contributed by atoms with Crippen molar-refractivity contribution in [3.63, 3.8) is 0 Å². The Balaban J connectivity index is 2.14. The molecule has 0 aromatic carbocycles. The van der Waals surface area contributed by atoms with Gasteiger partial charge in [0.2, 0.25) is 0 Å². The number of anilines is 1. The molecule has 0 spiro atoms. The predicted molar refractivity (Wildman–Crippen MR) is 58.7 cm³/mol. The van der Waals surface area contributed by atoms with Crippen molar-refractivity contribution < 1.29 is 9.31 Å². The molecular weight excluding hydrogens is 193 g/mol. The first-order valence-corrected chi connectivity index (χ1v) is 5.00. The molecule has 2 rings (SSSR count). The summed E-state index contributed by atoms with van der Waals surface area (Å²) in [5, 5.41) is 4.06. The van der Waals surface area contributed by atoms with Gasteiger partial charge in [-0.25, -0.2) is 0 Å². The Kier molecular flexibility index (Phi) is 2.48. The second-order valence-electron chi connectivity index (χ2n) is 4.73. The molecule has 1 aliphatic heterocycles. The summed E-state index contributed by atoms with van der Waals surface area (Å²) in [6.45, 7) is 5.55. The molecule has 0 aliphatic carbocycles. The standard InChI is InChI=1S/C9H16BN3O2/c1-9(2)5-14-10(15-6-9)8-7(11)4-12-13(8)3/h4H,5-6,11H2,1-3H3.